The van der Waals surface area contributed by atoms with Crippen LogP contribution in [0, 0.1) is 11.8 Å². The minimum Gasteiger partial charge on any atom is -0.353 e. The Bertz CT molecular complexity index is 736. The molecule has 26 heavy (non-hydrogen) atoms. The van der Waals surface area contributed by atoms with Crippen molar-refractivity contribution in [3.63, 3.8) is 0 Å². The number of carbonyl (C=O) groups excluding carboxylic acids is 1. The first-order chi connectivity index (χ1) is 12.4. The van der Waals surface area contributed by atoms with Crippen LogP contribution in [-0.2, 0) is 14.8 Å². The number of amides is 1. The fourth-order valence-electron chi connectivity index (χ4n) is 3.96. The number of nitrogens with one attached hydrogen (secondary N) is 1. The fraction of sp³-hybridized carbons (Fsp3) is 0.632. The molecule has 5 nitrogen and oxygen atoms in total. The number of hydrogen-bond donors (Lipinski definition) is 1. The topological polar surface area (TPSA) is 66.5 Å². The van der Waals surface area contributed by atoms with Crippen LogP contribution in [0.2, 0.25) is 5.02 Å². The van der Waals surface area contributed by atoms with Gasteiger partial charge in [-0.3, -0.25) is 4.79 Å². The molecule has 1 saturated carbocycles. The van der Waals surface area contributed by atoms with Crippen LogP contribution >= 0.6 is 11.6 Å². The SMILES string of the molecule is C[C@@H]1CCCC[C@H]1NC(=O)[C@@H]1CCCN(S(=O)(=O)c2ccc(Cl)cc2)C1. The normalized spacial score (nSPS) is 27.8. The standard InChI is InChI=1S/C19H27ClN2O3S/c1-14-5-2-3-7-18(14)21-19(23)15-6-4-12-22(13-15)26(24,25)17-10-8-16(20)9-11-17/h8-11,14-15,18H,2-7,12-13H2,1H3,(H,21,23)/t14-,15-,18-/m1/s1. The molecule has 2 fully saturated rings. The van der Waals surface area contributed by atoms with Gasteiger partial charge in [0.2, 0.25) is 15.9 Å². The summed E-state index contributed by atoms with van der Waals surface area (Å²) in [5.41, 5.74) is 0. The van der Waals surface area contributed by atoms with E-state index in [9.17, 15) is 13.2 Å². The minimum absolute atomic E-state index is 0.000226. The van der Waals surface area contributed by atoms with Crippen molar-refractivity contribution in [1.82, 2.24) is 9.62 Å². The molecular weight excluding hydrogens is 372 g/mol. The summed E-state index contributed by atoms with van der Waals surface area (Å²) in [5.74, 6) is 0.213. The molecule has 1 aliphatic carbocycles. The number of rotatable bonds is 4. The van der Waals surface area contributed by atoms with E-state index in [0.29, 0.717) is 23.9 Å². The van der Waals surface area contributed by atoms with Crippen molar-refractivity contribution in [3.8, 4) is 0 Å². The Hall–Kier alpha value is -1.11. The molecule has 3 atom stereocenters. The monoisotopic (exact) mass is 398 g/mol. The van der Waals surface area contributed by atoms with E-state index in [0.717, 1.165) is 25.7 Å². The number of nitrogens with zero attached hydrogens (tertiary/aromatic N) is 1. The number of halogens is 1. The van der Waals surface area contributed by atoms with Crippen molar-refractivity contribution in [2.75, 3.05) is 13.1 Å². The lowest BCUT2D eigenvalue weighted by atomic mass is 9.85. The maximum absolute atomic E-state index is 12.9. The van der Waals surface area contributed by atoms with Gasteiger partial charge in [-0.25, -0.2) is 8.42 Å². The highest BCUT2D eigenvalue weighted by Gasteiger charge is 2.34. The Morgan fingerprint density at radius 1 is 1.12 bits per heavy atom. The summed E-state index contributed by atoms with van der Waals surface area (Å²) in [7, 11) is -3.59. The molecule has 0 unspecified atom stereocenters. The highest BCUT2D eigenvalue weighted by atomic mass is 35.5. The summed E-state index contributed by atoms with van der Waals surface area (Å²) in [4.78, 5) is 12.9. The third-order valence-corrected chi connectivity index (χ3v) is 7.78. The van der Waals surface area contributed by atoms with E-state index in [4.69, 9.17) is 11.6 Å². The maximum Gasteiger partial charge on any atom is 0.243 e. The first kappa shape index (κ1) is 19.6. The molecule has 0 aromatic heterocycles. The Morgan fingerprint density at radius 3 is 2.50 bits per heavy atom. The van der Waals surface area contributed by atoms with Gasteiger partial charge in [-0.05, 0) is 55.9 Å². The van der Waals surface area contributed by atoms with Crippen LogP contribution in [-0.4, -0.2) is 37.8 Å². The fourth-order valence-corrected chi connectivity index (χ4v) is 5.61. The van der Waals surface area contributed by atoms with Crippen molar-refractivity contribution in [2.45, 2.75) is 56.4 Å². The molecule has 1 amide bonds. The third kappa shape index (κ3) is 4.41. The number of benzene rings is 1. The molecule has 1 aromatic rings. The van der Waals surface area contributed by atoms with Crippen molar-refractivity contribution >= 4 is 27.5 Å². The molecule has 0 bridgehead atoms. The average molecular weight is 399 g/mol. The summed E-state index contributed by atoms with van der Waals surface area (Å²) in [6.07, 6.45) is 5.98. The summed E-state index contributed by atoms with van der Waals surface area (Å²) < 4.78 is 27.2. The van der Waals surface area contributed by atoms with Crippen LogP contribution in [0.3, 0.4) is 0 Å². The van der Waals surface area contributed by atoms with Gasteiger partial charge in [-0.15, -0.1) is 0 Å². The zero-order valence-corrected chi connectivity index (χ0v) is 16.7. The van der Waals surface area contributed by atoms with Crippen molar-refractivity contribution < 1.29 is 13.2 Å². The molecule has 7 heteroatoms. The number of carbonyl (C=O) groups is 1. The van der Waals surface area contributed by atoms with E-state index in [1.165, 1.54) is 22.9 Å². The van der Waals surface area contributed by atoms with Gasteiger partial charge in [0, 0.05) is 24.2 Å². The highest BCUT2D eigenvalue weighted by molar-refractivity contribution is 7.89. The van der Waals surface area contributed by atoms with Gasteiger partial charge < -0.3 is 5.32 Å². The molecular formula is C19H27ClN2O3S. The summed E-state index contributed by atoms with van der Waals surface area (Å²) >= 11 is 5.86. The highest BCUT2D eigenvalue weighted by Crippen LogP contribution is 2.27. The van der Waals surface area contributed by atoms with Gasteiger partial charge in [0.05, 0.1) is 10.8 Å². The molecule has 1 aliphatic heterocycles. The van der Waals surface area contributed by atoms with Crippen LogP contribution in [0.1, 0.15) is 45.4 Å². The Labute approximate surface area is 161 Å². The van der Waals surface area contributed by atoms with Gasteiger partial charge in [-0.1, -0.05) is 31.4 Å². The molecule has 1 saturated heterocycles. The van der Waals surface area contributed by atoms with Gasteiger partial charge in [0.1, 0.15) is 0 Å². The summed E-state index contributed by atoms with van der Waals surface area (Å²) in [6, 6.07) is 6.41. The number of sulfonamides is 1. The largest absolute Gasteiger partial charge is 0.353 e. The van der Waals surface area contributed by atoms with Gasteiger partial charge >= 0.3 is 0 Å². The van der Waals surface area contributed by atoms with E-state index in [2.05, 4.69) is 12.2 Å². The molecule has 3 rings (SSSR count). The molecule has 2 aliphatic rings. The van der Waals surface area contributed by atoms with Crippen LogP contribution in [0.4, 0.5) is 0 Å². The lowest BCUT2D eigenvalue weighted by molar-refractivity contribution is -0.127. The Morgan fingerprint density at radius 2 is 1.81 bits per heavy atom. The van der Waals surface area contributed by atoms with Crippen LogP contribution in [0.5, 0.6) is 0 Å². The number of piperidine rings is 1. The Kier molecular flexibility index (Phi) is 6.25. The van der Waals surface area contributed by atoms with Crippen LogP contribution in [0.25, 0.3) is 0 Å². The Balaban J connectivity index is 1.66. The quantitative estimate of drug-likeness (QED) is 0.844. The number of hydrogen-bond acceptors (Lipinski definition) is 3. The predicted octanol–water partition coefficient (Wildman–Crippen LogP) is 3.44. The first-order valence-corrected chi connectivity index (χ1v) is 11.3. The molecule has 0 spiro atoms. The summed E-state index contributed by atoms with van der Waals surface area (Å²) in [5, 5.41) is 3.68. The molecule has 0 radical (unpaired) electrons. The lowest BCUT2D eigenvalue weighted by Crippen LogP contribution is -2.49. The smallest absolute Gasteiger partial charge is 0.243 e. The van der Waals surface area contributed by atoms with Gasteiger partial charge in [0.15, 0.2) is 0 Å². The summed E-state index contributed by atoms with van der Waals surface area (Å²) in [6.45, 7) is 2.88. The zero-order valence-electron chi connectivity index (χ0n) is 15.2. The molecule has 1 N–H and O–H groups in total. The van der Waals surface area contributed by atoms with E-state index in [1.54, 1.807) is 12.1 Å². The van der Waals surface area contributed by atoms with Crippen molar-refractivity contribution in [1.29, 1.82) is 0 Å². The van der Waals surface area contributed by atoms with E-state index in [-0.39, 0.29) is 29.3 Å². The van der Waals surface area contributed by atoms with E-state index < -0.39 is 10.0 Å². The zero-order chi connectivity index (χ0) is 18.7. The van der Waals surface area contributed by atoms with E-state index >= 15 is 0 Å². The second-order valence-corrected chi connectivity index (χ2v) is 9.91. The van der Waals surface area contributed by atoms with Crippen molar-refractivity contribution in [3.05, 3.63) is 29.3 Å². The van der Waals surface area contributed by atoms with Gasteiger partial charge in [-0.2, -0.15) is 4.31 Å². The van der Waals surface area contributed by atoms with Gasteiger partial charge in [0.25, 0.3) is 0 Å². The van der Waals surface area contributed by atoms with Crippen LogP contribution < -0.4 is 5.32 Å². The lowest BCUT2D eigenvalue weighted by Gasteiger charge is -2.34. The second kappa shape index (κ2) is 8.28. The average Bonchev–Trinajstić information content (AvgIpc) is 2.64. The predicted molar refractivity (Wildman–Crippen MR) is 102 cm³/mol. The molecule has 1 aromatic carbocycles. The maximum atomic E-state index is 12.9. The first-order valence-electron chi connectivity index (χ1n) is 9.44. The van der Waals surface area contributed by atoms with E-state index in [1.807, 2.05) is 0 Å². The third-order valence-electron chi connectivity index (χ3n) is 5.65. The molecule has 1 heterocycles. The second-order valence-electron chi connectivity index (χ2n) is 7.53. The molecule has 144 valence electrons. The minimum atomic E-state index is -3.59. The van der Waals surface area contributed by atoms with Crippen LogP contribution in [0.15, 0.2) is 29.2 Å². The van der Waals surface area contributed by atoms with Crippen molar-refractivity contribution in [2.24, 2.45) is 11.8 Å².